The summed E-state index contributed by atoms with van der Waals surface area (Å²) in [6, 6.07) is 7.38. The molecule has 27 heavy (non-hydrogen) atoms. The van der Waals surface area contributed by atoms with Gasteiger partial charge in [-0.1, -0.05) is 12.1 Å². The minimum Gasteiger partial charge on any atom is -0.347 e. The van der Waals surface area contributed by atoms with Gasteiger partial charge in [0, 0.05) is 44.5 Å². The van der Waals surface area contributed by atoms with Gasteiger partial charge in [-0.3, -0.25) is 4.79 Å². The summed E-state index contributed by atoms with van der Waals surface area (Å²) in [6.45, 7) is 6.05. The highest BCUT2D eigenvalue weighted by Gasteiger charge is 2.14. The maximum Gasteiger partial charge on any atom is 0.251 e. The second kappa shape index (κ2) is 8.03. The number of anilines is 1. The molecule has 0 aliphatic rings. The van der Waals surface area contributed by atoms with Crippen molar-refractivity contribution in [2.75, 3.05) is 19.0 Å². The average Bonchev–Trinajstić information content (AvgIpc) is 3.32. The van der Waals surface area contributed by atoms with Crippen molar-refractivity contribution >= 4 is 11.9 Å². The predicted octanol–water partition coefficient (Wildman–Crippen LogP) is 2.18. The normalized spacial score (nSPS) is 10.8. The van der Waals surface area contributed by atoms with Crippen LogP contribution in [0.4, 0.5) is 5.95 Å². The molecule has 0 radical (unpaired) electrons. The molecule has 0 aliphatic heterocycles. The first-order valence-electron chi connectivity index (χ1n) is 9.03. The van der Waals surface area contributed by atoms with Crippen LogP contribution in [0.25, 0.3) is 11.4 Å². The van der Waals surface area contributed by atoms with Crippen molar-refractivity contribution in [3.8, 4) is 11.4 Å². The summed E-state index contributed by atoms with van der Waals surface area (Å²) in [5.74, 6) is 1.26. The van der Waals surface area contributed by atoms with Gasteiger partial charge >= 0.3 is 0 Å². The van der Waals surface area contributed by atoms with E-state index in [1.165, 1.54) is 0 Å². The third-order valence-electron chi connectivity index (χ3n) is 4.30. The Morgan fingerprint density at radius 2 is 2.04 bits per heavy atom. The summed E-state index contributed by atoms with van der Waals surface area (Å²) >= 11 is 0. The van der Waals surface area contributed by atoms with Crippen LogP contribution in [-0.4, -0.2) is 44.3 Å². The molecule has 0 saturated carbocycles. The van der Waals surface area contributed by atoms with E-state index in [0.717, 1.165) is 30.3 Å². The molecule has 0 bridgehead atoms. The minimum absolute atomic E-state index is 0.136. The molecule has 0 spiro atoms. The third kappa shape index (κ3) is 3.99. The van der Waals surface area contributed by atoms with Crippen LogP contribution >= 0.6 is 0 Å². The summed E-state index contributed by atoms with van der Waals surface area (Å²) in [7, 11) is 3.87. The topological polar surface area (TPSA) is 80.9 Å². The molecular formula is C19H25N7O. The molecule has 8 nitrogen and oxygen atoms in total. The van der Waals surface area contributed by atoms with Crippen LogP contribution in [0.15, 0.2) is 36.8 Å². The van der Waals surface area contributed by atoms with Crippen LogP contribution in [0.2, 0.25) is 0 Å². The lowest BCUT2D eigenvalue weighted by Crippen LogP contribution is -2.24. The van der Waals surface area contributed by atoms with E-state index in [-0.39, 0.29) is 5.91 Å². The second-order valence-electron chi connectivity index (χ2n) is 6.38. The van der Waals surface area contributed by atoms with Gasteiger partial charge in [-0.05, 0) is 26.0 Å². The van der Waals surface area contributed by atoms with E-state index in [1.54, 1.807) is 18.6 Å². The van der Waals surface area contributed by atoms with Gasteiger partial charge < -0.3 is 14.8 Å². The van der Waals surface area contributed by atoms with E-state index in [9.17, 15) is 4.79 Å². The van der Waals surface area contributed by atoms with Crippen LogP contribution in [0.3, 0.4) is 0 Å². The minimum atomic E-state index is -0.136. The highest BCUT2D eigenvalue weighted by Crippen LogP contribution is 2.20. The van der Waals surface area contributed by atoms with Crippen LogP contribution in [0.1, 0.15) is 29.9 Å². The molecule has 3 rings (SSSR count). The van der Waals surface area contributed by atoms with E-state index in [0.29, 0.717) is 17.9 Å². The molecule has 1 N–H and O–H groups in total. The molecule has 2 aromatic heterocycles. The van der Waals surface area contributed by atoms with Gasteiger partial charge in [-0.2, -0.15) is 4.98 Å². The molecule has 2 heterocycles. The first kappa shape index (κ1) is 18.6. The Bertz CT molecular complexity index is 926. The number of aryl methyl sites for hydroxylation is 2. The highest BCUT2D eigenvalue weighted by atomic mass is 16.1. The van der Waals surface area contributed by atoms with Gasteiger partial charge in [0.1, 0.15) is 0 Å². The van der Waals surface area contributed by atoms with Crippen molar-refractivity contribution in [3.63, 3.8) is 0 Å². The number of hydrogen-bond acceptors (Lipinski definition) is 5. The van der Waals surface area contributed by atoms with E-state index in [2.05, 4.69) is 20.4 Å². The molecule has 0 unspecified atom stereocenters. The average molecular weight is 367 g/mol. The summed E-state index contributed by atoms with van der Waals surface area (Å²) in [5.41, 5.74) is 2.37. The number of nitrogens with zero attached hydrogens (tertiary/aromatic N) is 6. The number of benzene rings is 1. The number of rotatable bonds is 7. The number of amides is 1. The first-order valence-corrected chi connectivity index (χ1v) is 9.03. The zero-order chi connectivity index (χ0) is 19.4. The van der Waals surface area contributed by atoms with Crippen molar-refractivity contribution in [2.24, 2.45) is 0 Å². The highest BCUT2D eigenvalue weighted by molar-refractivity contribution is 5.95. The van der Waals surface area contributed by atoms with Gasteiger partial charge in [0.25, 0.3) is 5.91 Å². The van der Waals surface area contributed by atoms with Crippen molar-refractivity contribution in [2.45, 2.75) is 33.5 Å². The summed E-state index contributed by atoms with van der Waals surface area (Å²) < 4.78 is 3.84. The van der Waals surface area contributed by atoms with E-state index in [1.807, 2.05) is 60.3 Å². The number of hydrogen-bond donors (Lipinski definition) is 1. The van der Waals surface area contributed by atoms with Gasteiger partial charge in [0.2, 0.25) is 5.95 Å². The SMILES string of the molecule is CCn1cncc1CNC(=O)c1cccc(-c2nc(N(C)C)n(CC)n2)c1. The molecule has 0 saturated heterocycles. The second-order valence-corrected chi connectivity index (χ2v) is 6.38. The fraction of sp³-hybridized carbons (Fsp3) is 0.368. The number of imidazole rings is 1. The lowest BCUT2D eigenvalue weighted by atomic mass is 10.1. The van der Waals surface area contributed by atoms with Gasteiger partial charge in [-0.25, -0.2) is 9.67 Å². The van der Waals surface area contributed by atoms with Crippen molar-refractivity contribution < 1.29 is 4.79 Å². The zero-order valence-electron chi connectivity index (χ0n) is 16.2. The van der Waals surface area contributed by atoms with Gasteiger partial charge in [0.15, 0.2) is 5.82 Å². The van der Waals surface area contributed by atoms with E-state index >= 15 is 0 Å². The molecule has 0 atom stereocenters. The summed E-state index contributed by atoms with van der Waals surface area (Å²) in [6.07, 6.45) is 3.53. The maximum atomic E-state index is 12.6. The van der Waals surface area contributed by atoms with Gasteiger partial charge in [0.05, 0.1) is 18.6 Å². The molecule has 142 valence electrons. The lowest BCUT2D eigenvalue weighted by Gasteiger charge is -2.10. The Hall–Kier alpha value is -3.16. The fourth-order valence-corrected chi connectivity index (χ4v) is 2.85. The monoisotopic (exact) mass is 367 g/mol. The molecule has 0 aliphatic carbocycles. The van der Waals surface area contributed by atoms with Crippen molar-refractivity contribution in [1.29, 1.82) is 0 Å². The number of nitrogens with one attached hydrogen (secondary N) is 1. The van der Waals surface area contributed by atoms with E-state index in [4.69, 9.17) is 0 Å². The number of carbonyl (C=O) groups is 1. The maximum absolute atomic E-state index is 12.6. The Kier molecular flexibility index (Phi) is 5.54. The van der Waals surface area contributed by atoms with Crippen LogP contribution in [0, 0.1) is 0 Å². The molecule has 8 heteroatoms. The van der Waals surface area contributed by atoms with Crippen LogP contribution in [0.5, 0.6) is 0 Å². The zero-order valence-corrected chi connectivity index (χ0v) is 16.2. The van der Waals surface area contributed by atoms with Crippen LogP contribution in [-0.2, 0) is 19.6 Å². The number of aromatic nitrogens is 5. The molecule has 1 aromatic carbocycles. The predicted molar refractivity (Wildman–Crippen MR) is 105 cm³/mol. The molecular weight excluding hydrogens is 342 g/mol. The largest absolute Gasteiger partial charge is 0.347 e. The lowest BCUT2D eigenvalue weighted by molar-refractivity contribution is 0.0950. The Morgan fingerprint density at radius 1 is 1.22 bits per heavy atom. The summed E-state index contributed by atoms with van der Waals surface area (Å²) in [5, 5.41) is 7.50. The van der Waals surface area contributed by atoms with Crippen LogP contribution < -0.4 is 10.2 Å². The fourth-order valence-electron chi connectivity index (χ4n) is 2.85. The quantitative estimate of drug-likeness (QED) is 0.692. The smallest absolute Gasteiger partial charge is 0.251 e. The summed E-state index contributed by atoms with van der Waals surface area (Å²) in [4.78, 5) is 23.2. The van der Waals surface area contributed by atoms with Crippen molar-refractivity contribution in [1.82, 2.24) is 29.6 Å². The van der Waals surface area contributed by atoms with Crippen molar-refractivity contribution in [3.05, 3.63) is 48.0 Å². The first-order chi connectivity index (χ1) is 13.0. The Labute approximate surface area is 158 Å². The Morgan fingerprint density at radius 3 is 2.70 bits per heavy atom. The molecule has 0 fully saturated rings. The molecule has 1 amide bonds. The Balaban J connectivity index is 1.78. The third-order valence-corrected chi connectivity index (χ3v) is 4.30. The van der Waals surface area contributed by atoms with E-state index < -0.39 is 0 Å². The molecule has 3 aromatic rings. The number of carbonyl (C=O) groups excluding carboxylic acids is 1. The standard InChI is InChI=1S/C19H25N7O/c1-5-25-13-20-11-16(25)12-21-18(27)15-9-7-8-14(10-15)17-22-19(24(3)4)26(6-2)23-17/h7-11,13H,5-6,12H2,1-4H3,(H,21,27). The van der Waals surface area contributed by atoms with Gasteiger partial charge in [-0.15, -0.1) is 5.10 Å².